The highest BCUT2D eigenvalue weighted by Crippen LogP contribution is 2.35. The molecule has 0 amide bonds. The molecule has 152 valence electrons. The molecule has 1 aromatic heterocycles. The second-order valence-corrected chi connectivity index (χ2v) is 6.91. The molecule has 0 spiro atoms. The maximum Gasteiger partial charge on any atom is 0.338 e. The number of nitrogens with zero attached hydrogens (tertiary/aromatic N) is 1. The third kappa shape index (κ3) is 4.05. The third-order valence-electron chi connectivity index (χ3n) is 4.92. The summed E-state index contributed by atoms with van der Waals surface area (Å²) >= 11 is 0. The molecule has 0 atom stereocenters. The number of carbonyl (C=O) groups is 2. The Morgan fingerprint density at radius 2 is 1.76 bits per heavy atom. The van der Waals surface area contributed by atoms with Crippen molar-refractivity contribution in [1.29, 1.82) is 0 Å². The van der Waals surface area contributed by atoms with Crippen molar-refractivity contribution in [2.75, 3.05) is 6.61 Å². The van der Waals surface area contributed by atoms with Crippen molar-refractivity contribution in [2.24, 2.45) is 0 Å². The lowest BCUT2D eigenvalue weighted by Crippen LogP contribution is -2.04. The Hall–Kier alpha value is -3.06. The smallest absolute Gasteiger partial charge is 0.338 e. The van der Waals surface area contributed by atoms with Gasteiger partial charge in [0, 0.05) is 19.7 Å². The molecular formula is C22H21F2NO4. The predicted octanol–water partition coefficient (Wildman–Crippen LogP) is 4.65. The molecule has 3 rings (SSSR count). The van der Waals surface area contributed by atoms with Crippen LogP contribution in [0.1, 0.15) is 46.9 Å². The minimum atomic E-state index is -1.40. The normalized spacial score (nSPS) is 11.2. The Morgan fingerprint density at radius 3 is 2.34 bits per heavy atom. The molecule has 2 aromatic carbocycles. The summed E-state index contributed by atoms with van der Waals surface area (Å²) in [6, 6.07) is 7.73. The molecule has 0 aliphatic rings. The number of aliphatic hydroxyl groups is 1. The van der Waals surface area contributed by atoms with E-state index in [9.17, 15) is 19.1 Å². The van der Waals surface area contributed by atoms with Gasteiger partial charge in [0.25, 0.3) is 0 Å². The highest BCUT2D eigenvalue weighted by atomic mass is 19.1. The van der Waals surface area contributed by atoms with Gasteiger partial charge in [-0.25, -0.2) is 13.6 Å². The van der Waals surface area contributed by atoms with E-state index in [4.69, 9.17) is 5.11 Å². The van der Waals surface area contributed by atoms with E-state index in [1.807, 2.05) is 0 Å². The van der Waals surface area contributed by atoms with Gasteiger partial charge in [0.1, 0.15) is 11.6 Å². The molecule has 0 unspecified atom stereocenters. The zero-order valence-electron chi connectivity index (χ0n) is 15.9. The molecule has 0 aliphatic heterocycles. The average molecular weight is 401 g/mol. The number of hydrogen-bond donors (Lipinski definition) is 2. The molecule has 0 aliphatic carbocycles. The van der Waals surface area contributed by atoms with Gasteiger partial charge in [-0.3, -0.25) is 9.36 Å². The lowest BCUT2D eigenvalue weighted by Gasteiger charge is -2.09. The number of benzene rings is 2. The Labute approximate surface area is 166 Å². The molecule has 7 heteroatoms. The number of carboxylic acid groups (broad SMARTS) is 1. The number of unbranched alkanes of at least 4 members (excludes halogenated alkanes) is 2. The van der Waals surface area contributed by atoms with Crippen molar-refractivity contribution in [3.8, 4) is 11.1 Å². The zero-order valence-corrected chi connectivity index (χ0v) is 15.9. The minimum Gasteiger partial charge on any atom is -0.478 e. The Kier molecular flexibility index (Phi) is 6.08. The summed E-state index contributed by atoms with van der Waals surface area (Å²) in [5.74, 6) is -3.82. The van der Waals surface area contributed by atoms with Crippen LogP contribution in [0.15, 0.2) is 36.5 Å². The van der Waals surface area contributed by atoms with Crippen LogP contribution in [0.5, 0.6) is 0 Å². The first kappa shape index (κ1) is 20.7. The van der Waals surface area contributed by atoms with E-state index in [1.54, 1.807) is 24.3 Å². The number of carbonyl (C=O) groups excluding carboxylic acids is 1. The van der Waals surface area contributed by atoms with Crippen LogP contribution >= 0.6 is 0 Å². The number of rotatable bonds is 7. The second kappa shape index (κ2) is 8.53. The summed E-state index contributed by atoms with van der Waals surface area (Å²) in [6.07, 6.45) is 4.32. The van der Waals surface area contributed by atoms with Crippen molar-refractivity contribution in [2.45, 2.75) is 32.6 Å². The highest BCUT2D eigenvalue weighted by Gasteiger charge is 2.24. The molecule has 1 heterocycles. The molecule has 0 bridgehead atoms. The van der Waals surface area contributed by atoms with Crippen molar-refractivity contribution in [3.05, 3.63) is 59.3 Å². The van der Waals surface area contributed by atoms with Gasteiger partial charge in [0.15, 0.2) is 0 Å². The Balaban J connectivity index is 2.05. The summed E-state index contributed by atoms with van der Waals surface area (Å²) in [5, 5.41) is 17.9. The number of aromatic nitrogens is 1. The van der Waals surface area contributed by atoms with Gasteiger partial charge < -0.3 is 10.2 Å². The fraction of sp³-hybridized carbons (Fsp3) is 0.273. The van der Waals surface area contributed by atoms with Crippen molar-refractivity contribution in [1.82, 2.24) is 4.57 Å². The van der Waals surface area contributed by atoms with Crippen LogP contribution in [0.4, 0.5) is 8.78 Å². The molecule has 0 fully saturated rings. The molecule has 5 nitrogen and oxygen atoms in total. The van der Waals surface area contributed by atoms with E-state index in [1.165, 1.54) is 6.92 Å². The van der Waals surface area contributed by atoms with Crippen molar-refractivity contribution >= 4 is 22.8 Å². The van der Waals surface area contributed by atoms with Crippen LogP contribution in [-0.4, -0.2) is 33.3 Å². The van der Waals surface area contributed by atoms with E-state index < -0.39 is 29.1 Å². The number of aromatic carboxylic acids is 1. The predicted molar refractivity (Wildman–Crippen MR) is 105 cm³/mol. The fourth-order valence-corrected chi connectivity index (χ4v) is 3.46. The zero-order chi connectivity index (χ0) is 21.1. The van der Waals surface area contributed by atoms with Crippen LogP contribution in [0.25, 0.3) is 22.0 Å². The van der Waals surface area contributed by atoms with E-state index >= 15 is 4.39 Å². The van der Waals surface area contributed by atoms with Crippen LogP contribution in [0.3, 0.4) is 0 Å². The number of fused-ring (bicyclic) bond motifs is 1. The first-order valence-corrected chi connectivity index (χ1v) is 9.32. The maximum atomic E-state index is 15.2. The number of aryl methyl sites for hydroxylation is 1. The highest BCUT2D eigenvalue weighted by molar-refractivity contribution is 6.08. The number of halogens is 2. The summed E-state index contributed by atoms with van der Waals surface area (Å²) in [4.78, 5) is 23.3. The number of hydrogen-bond acceptors (Lipinski definition) is 3. The summed E-state index contributed by atoms with van der Waals surface area (Å²) in [5.41, 5.74) is 0.451. The summed E-state index contributed by atoms with van der Waals surface area (Å²) in [7, 11) is 0. The van der Waals surface area contributed by atoms with E-state index in [0.717, 1.165) is 48.1 Å². The van der Waals surface area contributed by atoms with Crippen LogP contribution in [-0.2, 0) is 6.42 Å². The first-order chi connectivity index (χ1) is 13.8. The van der Waals surface area contributed by atoms with Crippen LogP contribution in [0.2, 0.25) is 0 Å². The minimum absolute atomic E-state index is 0.117. The van der Waals surface area contributed by atoms with Gasteiger partial charge in [0.05, 0.1) is 22.0 Å². The first-order valence-electron chi connectivity index (χ1n) is 9.32. The summed E-state index contributed by atoms with van der Waals surface area (Å²) in [6.45, 7) is 1.34. The third-order valence-corrected chi connectivity index (χ3v) is 4.92. The van der Waals surface area contributed by atoms with Gasteiger partial charge >= 0.3 is 5.97 Å². The molecule has 2 N–H and O–H groups in total. The lowest BCUT2D eigenvalue weighted by molar-refractivity contribution is 0.0698. The Bertz CT molecular complexity index is 1070. The van der Waals surface area contributed by atoms with E-state index in [-0.39, 0.29) is 28.6 Å². The molecule has 0 saturated heterocycles. The van der Waals surface area contributed by atoms with Crippen LogP contribution < -0.4 is 0 Å². The van der Waals surface area contributed by atoms with Crippen LogP contribution in [0, 0.1) is 11.6 Å². The van der Waals surface area contributed by atoms with Gasteiger partial charge in [-0.1, -0.05) is 30.7 Å². The SMILES string of the molecule is CC(=O)n1cc(C(=O)O)c2c(F)c(-c3ccc(CCCCCO)cc3)c(F)cc21. The largest absolute Gasteiger partial charge is 0.478 e. The molecule has 29 heavy (non-hydrogen) atoms. The monoisotopic (exact) mass is 401 g/mol. The van der Waals surface area contributed by atoms with Crippen molar-refractivity contribution in [3.63, 3.8) is 0 Å². The maximum absolute atomic E-state index is 15.2. The van der Waals surface area contributed by atoms with E-state index in [0.29, 0.717) is 0 Å². The molecule has 0 saturated carbocycles. The van der Waals surface area contributed by atoms with Gasteiger partial charge in [0.2, 0.25) is 5.91 Å². The average Bonchev–Trinajstić information content (AvgIpc) is 3.06. The molecule has 3 aromatic rings. The van der Waals surface area contributed by atoms with Gasteiger partial charge in [-0.15, -0.1) is 0 Å². The Morgan fingerprint density at radius 1 is 1.07 bits per heavy atom. The lowest BCUT2D eigenvalue weighted by atomic mass is 9.98. The quantitative estimate of drug-likeness (QED) is 0.565. The second-order valence-electron chi connectivity index (χ2n) is 6.91. The van der Waals surface area contributed by atoms with Gasteiger partial charge in [-0.05, 0) is 36.5 Å². The topological polar surface area (TPSA) is 79.5 Å². The number of carboxylic acids is 1. The fourth-order valence-electron chi connectivity index (χ4n) is 3.46. The molecule has 0 radical (unpaired) electrons. The number of aliphatic hydroxyl groups excluding tert-OH is 1. The van der Waals surface area contributed by atoms with E-state index in [2.05, 4.69) is 0 Å². The van der Waals surface area contributed by atoms with Crippen molar-refractivity contribution < 1.29 is 28.6 Å². The van der Waals surface area contributed by atoms with Gasteiger partial charge in [-0.2, -0.15) is 0 Å². The molecular weight excluding hydrogens is 380 g/mol. The summed E-state index contributed by atoms with van der Waals surface area (Å²) < 4.78 is 31.0. The standard InChI is InChI=1S/C22H21F2NO4/c1-13(27)25-12-16(22(28)29)20-18(25)11-17(23)19(21(20)24)15-8-6-14(7-9-15)5-3-2-4-10-26/h6-9,11-12,26H,2-5,10H2,1H3,(H,28,29).